The molecule has 0 saturated carbocycles. The van der Waals surface area contributed by atoms with Gasteiger partial charge in [-0.25, -0.2) is 4.79 Å². The second kappa shape index (κ2) is 26.0. The number of halogens is 6. The van der Waals surface area contributed by atoms with Gasteiger partial charge in [0.25, 0.3) is 0 Å². The van der Waals surface area contributed by atoms with Crippen molar-refractivity contribution in [2.24, 2.45) is 0 Å². The highest BCUT2D eigenvalue weighted by Crippen LogP contribution is 2.38. The molecule has 0 aliphatic carbocycles. The van der Waals surface area contributed by atoms with Gasteiger partial charge in [0, 0.05) is 12.5 Å². The zero-order valence-electron chi connectivity index (χ0n) is 40.2. The van der Waals surface area contributed by atoms with Crippen LogP contribution < -0.4 is 14.2 Å². The van der Waals surface area contributed by atoms with Crippen LogP contribution in [0.4, 0.5) is 12.7 Å². The first kappa shape index (κ1) is 62.4. The molecule has 2 fully saturated rings. The summed E-state index contributed by atoms with van der Waals surface area (Å²) in [5, 5.41) is -5.11. The van der Waals surface area contributed by atoms with Crippen LogP contribution in [0, 0.1) is 17.4 Å². The molecule has 2 saturated heterocycles. The molecule has 0 spiro atoms. The Balaban J connectivity index is 0.000000441. The van der Waals surface area contributed by atoms with E-state index < -0.39 is 21.4 Å². The highest BCUT2D eigenvalue weighted by atomic mass is 127. The molecule has 3 aromatic carbocycles. The number of benzene rings is 3. The van der Waals surface area contributed by atoms with E-state index in [1.54, 1.807) is 51.6 Å². The summed E-state index contributed by atoms with van der Waals surface area (Å²) in [5.74, 6) is 2.88. The van der Waals surface area contributed by atoms with Crippen LogP contribution in [0.15, 0.2) is 63.9 Å². The zero-order valence-corrected chi connectivity index (χ0v) is 46.3. The first-order valence-electron chi connectivity index (χ1n) is 20.0. The third-order valence-corrected chi connectivity index (χ3v) is 14.6. The van der Waals surface area contributed by atoms with Gasteiger partial charge >= 0.3 is 35.7 Å². The van der Waals surface area contributed by atoms with Crippen molar-refractivity contribution in [2.75, 3.05) is 28.4 Å². The number of hydrogen-bond donors (Lipinski definition) is 0. The molecule has 0 bridgehead atoms. The molecule has 0 unspecified atom stereocenters. The van der Waals surface area contributed by atoms with E-state index in [1.165, 1.54) is 0 Å². The molecule has 68 heavy (non-hydrogen) atoms. The summed E-state index contributed by atoms with van der Waals surface area (Å²) in [5.41, 5.74) is 3.53. The molecule has 2 heterocycles. The van der Waals surface area contributed by atoms with E-state index in [0.29, 0.717) is 41.0 Å². The standard InChI is InChI=1S/C17H23BO4.C9H9BrO2.C8H15BO2.C8H6BrIO2.C3H3F3O4S/c1-12-9-14(11-19)15(20-6)10-13(12)7-8-18-21-16(2,3)17(4,5)22-18;1-6-3-7(5-11)9(12-2)4-8(6)10;1-6-9-10-7(2,3)8(4,5)11-9;1-12-8-3-6(9)7(10)2-5(8)4-11;1-10-2(7)3(4,5)11(6,8)9/h7-11H,1-6H3;3-5H,1-2H3;6H,1H2,2-5H3;2-4H,1H3;1H3/b8-7+;;;;. The molecule has 0 atom stereocenters. The van der Waals surface area contributed by atoms with Gasteiger partial charge in [0.2, 0.25) is 0 Å². The van der Waals surface area contributed by atoms with Crippen LogP contribution in [0.25, 0.3) is 6.08 Å². The van der Waals surface area contributed by atoms with Gasteiger partial charge in [-0.3, -0.25) is 14.4 Å². The first-order valence-corrected chi connectivity index (χ1v) is 24.1. The van der Waals surface area contributed by atoms with Gasteiger partial charge in [-0.2, -0.15) is 17.2 Å². The molecule has 5 rings (SSSR count). The molecular weight excluding hydrogens is 1160 g/mol. The summed E-state index contributed by atoms with van der Waals surface area (Å²) >= 11 is 8.85. The second-order valence-corrected chi connectivity index (χ2v) is 20.7. The number of aldehydes is 3. The molecular formula is C45H56B2Br2F3IO14S. The Bertz CT molecular complexity index is 2320. The van der Waals surface area contributed by atoms with Crippen LogP contribution >= 0.6 is 54.5 Å². The number of rotatable bonds is 11. The van der Waals surface area contributed by atoms with Gasteiger partial charge in [-0.1, -0.05) is 37.8 Å². The van der Waals surface area contributed by atoms with Crippen molar-refractivity contribution < 1.29 is 77.8 Å². The Morgan fingerprint density at radius 1 is 0.662 bits per heavy atom. The second-order valence-electron chi connectivity index (χ2n) is 16.4. The number of aryl methyl sites for hydroxylation is 2. The van der Waals surface area contributed by atoms with Gasteiger partial charge in [-0.05, 0) is 161 Å². The Hall–Kier alpha value is -3.58. The number of carbonyl (C=O) groups is 4. The SMILES string of the molecule is C=CB1OC(C)(C)C(C)(C)O1.COC(=O)C(F)(F)S(=O)(=O)F.COc1cc(/C=C/B2OC(C)(C)C(C)(C)O2)c(C)cc1C=O.COc1cc(Br)c(C)cc1C=O.COc1cc(Br)c(I)cc1C=O. The van der Waals surface area contributed by atoms with Crippen molar-refractivity contribution >= 4 is 110 Å². The summed E-state index contributed by atoms with van der Waals surface area (Å²) in [6.07, 6.45) is 4.31. The van der Waals surface area contributed by atoms with Gasteiger partial charge in [0.05, 0.1) is 67.5 Å². The summed E-state index contributed by atoms with van der Waals surface area (Å²) in [4.78, 5) is 42.0. The molecule has 2 aliphatic rings. The van der Waals surface area contributed by atoms with Crippen LogP contribution in [0.5, 0.6) is 17.2 Å². The van der Waals surface area contributed by atoms with E-state index >= 15 is 0 Å². The predicted octanol–water partition coefficient (Wildman–Crippen LogP) is 10.8. The quantitative estimate of drug-likeness (QED) is 0.0582. The van der Waals surface area contributed by atoms with Crippen LogP contribution in [0.1, 0.15) is 103 Å². The minimum Gasteiger partial charge on any atom is -0.496 e. The number of hydrogen-bond acceptors (Lipinski definition) is 14. The minimum absolute atomic E-state index is 0.230. The predicted molar refractivity (Wildman–Crippen MR) is 271 cm³/mol. The highest BCUT2D eigenvalue weighted by molar-refractivity contribution is 14.1. The number of methoxy groups -OCH3 is 4. The molecule has 0 amide bonds. The Labute approximate surface area is 428 Å². The van der Waals surface area contributed by atoms with Crippen LogP contribution in [0.3, 0.4) is 0 Å². The Morgan fingerprint density at radius 3 is 1.37 bits per heavy atom. The van der Waals surface area contributed by atoms with Gasteiger partial charge < -0.3 is 37.6 Å². The topological polar surface area (TPSA) is 176 Å². The van der Waals surface area contributed by atoms with Gasteiger partial charge in [0.15, 0.2) is 18.9 Å². The van der Waals surface area contributed by atoms with E-state index in [1.807, 2.05) is 93.4 Å². The van der Waals surface area contributed by atoms with Crippen molar-refractivity contribution in [2.45, 2.75) is 96.9 Å². The Kier molecular flexibility index (Phi) is 23.9. The average molecular weight is 1220 g/mol. The van der Waals surface area contributed by atoms with Gasteiger partial charge in [-0.15, -0.1) is 6.58 Å². The molecule has 0 radical (unpaired) electrons. The molecule has 14 nitrogen and oxygen atoms in total. The number of carbonyl (C=O) groups excluding carboxylic acids is 4. The molecule has 374 valence electrons. The van der Waals surface area contributed by atoms with E-state index in [0.717, 1.165) is 48.1 Å². The molecule has 23 heteroatoms. The maximum absolute atomic E-state index is 11.9. The zero-order chi connectivity index (χ0) is 52.8. The fourth-order valence-electron chi connectivity index (χ4n) is 5.29. The molecule has 3 aromatic rings. The van der Waals surface area contributed by atoms with Crippen molar-refractivity contribution in [1.82, 2.24) is 0 Å². The molecule has 2 aliphatic heterocycles. The lowest BCUT2D eigenvalue weighted by Crippen LogP contribution is -2.41. The smallest absolute Gasteiger partial charge is 0.487 e. The number of ether oxygens (including phenoxy) is 4. The van der Waals surface area contributed by atoms with E-state index in [4.69, 9.17) is 32.8 Å². The third-order valence-electron chi connectivity index (χ3n) is 10.7. The third kappa shape index (κ3) is 16.8. The largest absolute Gasteiger partial charge is 0.496 e. The Morgan fingerprint density at radius 2 is 1.03 bits per heavy atom. The highest BCUT2D eigenvalue weighted by Gasteiger charge is 2.55. The van der Waals surface area contributed by atoms with Crippen LogP contribution in [0.2, 0.25) is 0 Å². The fraction of sp³-hybridized carbons (Fsp3) is 0.422. The van der Waals surface area contributed by atoms with Crippen molar-refractivity contribution in [3.05, 3.63) is 101 Å². The fourth-order valence-corrected chi connectivity index (χ4v) is 6.71. The lowest BCUT2D eigenvalue weighted by Gasteiger charge is -2.32. The maximum Gasteiger partial charge on any atom is 0.487 e. The van der Waals surface area contributed by atoms with E-state index in [-0.39, 0.29) is 36.6 Å². The molecule has 0 aromatic heterocycles. The monoisotopic (exact) mass is 1220 g/mol. The normalized spacial score (nSPS) is 16.2. The minimum atomic E-state index is -6.22. The average Bonchev–Trinajstić information content (AvgIpc) is 3.62. The lowest BCUT2D eigenvalue weighted by atomic mass is 9.88. The first-order chi connectivity index (χ1) is 31.2. The summed E-state index contributed by atoms with van der Waals surface area (Å²) < 4.78 is 98.9. The summed E-state index contributed by atoms with van der Waals surface area (Å²) in [6.45, 7) is 23.7. The summed E-state index contributed by atoms with van der Waals surface area (Å²) in [7, 11) is -1.70. The van der Waals surface area contributed by atoms with Crippen molar-refractivity contribution in [3.63, 3.8) is 0 Å². The van der Waals surface area contributed by atoms with Crippen molar-refractivity contribution in [1.29, 1.82) is 0 Å². The van der Waals surface area contributed by atoms with Crippen LogP contribution in [-0.4, -0.2) is 104 Å². The van der Waals surface area contributed by atoms with Crippen molar-refractivity contribution in [3.8, 4) is 17.2 Å². The van der Waals surface area contributed by atoms with Crippen LogP contribution in [-0.2, 0) is 38.4 Å². The lowest BCUT2D eigenvalue weighted by molar-refractivity contribution is -0.157. The summed E-state index contributed by atoms with van der Waals surface area (Å²) in [6, 6.07) is 10.8. The maximum atomic E-state index is 11.9. The molecule has 0 N–H and O–H groups in total. The van der Waals surface area contributed by atoms with E-state index in [2.05, 4.69) is 65.8 Å². The number of alkyl halides is 2. The number of esters is 1. The van der Waals surface area contributed by atoms with E-state index in [9.17, 15) is 40.3 Å². The van der Waals surface area contributed by atoms with Gasteiger partial charge in [0.1, 0.15) is 17.2 Å².